The Bertz CT molecular complexity index is 1180. The van der Waals surface area contributed by atoms with E-state index in [-0.39, 0.29) is 6.03 Å². The van der Waals surface area contributed by atoms with Crippen molar-refractivity contribution >= 4 is 28.6 Å². The molecule has 5 rings (SSSR count). The molecular weight excluding hydrogens is 396 g/mol. The highest BCUT2D eigenvalue weighted by Crippen LogP contribution is 2.28. The van der Waals surface area contributed by atoms with Crippen molar-refractivity contribution in [3.8, 4) is 11.4 Å². The van der Waals surface area contributed by atoms with Gasteiger partial charge in [0.15, 0.2) is 11.6 Å². The third kappa shape index (κ3) is 4.22. The van der Waals surface area contributed by atoms with E-state index in [1.165, 1.54) is 0 Å². The van der Waals surface area contributed by atoms with E-state index < -0.39 is 0 Å². The summed E-state index contributed by atoms with van der Waals surface area (Å²) in [6, 6.07) is 12.7. The number of aromatic amines is 1. The largest absolute Gasteiger partial charge is 0.467 e. The summed E-state index contributed by atoms with van der Waals surface area (Å²) >= 11 is 0. The maximum Gasteiger partial charge on any atom is 0.319 e. The molecule has 0 saturated carbocycles. The molecule has 0 aliphatic carbocycles. The Morgan fingerprint density at radius 2 is 2.03 bits per heavy atom. The molecular formula is C22H22N6O3. The van der Waals surface area contributed by atoms with Crippen LogP contribution < -0.4 is 15.5 Å². The lowest BCUT2D eigenvalue weighted by Gasteiger charge is -2.28. The van der Waals surface area contributed by atoms with Gasteiger partial charge >= 0.3 is 6.03 Å². The molecule has 4 aromatic rings. The fourth-order valence-electron chi connectivity index (χ4n) is 3.55. The highest BCUT2D eigenvalue weighted by Gasteiger charge is 2.19. The maximum absolute atomic E-state index is 12.2. The summed E-state index contributed by atoms with van der Waals surface area (Å²) in [5.74, 6) is 2.16. The van der Waals surface area contributed by atoms with Crippen LogP contribution in [-0.2, 0) is 11.3 Å². The zero-order valence-corrected chi connectivity index (χ0v) is 16.8. The number of carbonyl (C=O) groups is 1. The van der Waals surface area contributed by atoms with Gasteiger partial charge in [0.2, 0.25) is 0 Å². The molecule has 3 N–H and O–H groups in total. The molecule has 2 amide bonds. The molecule has 9 nitrogen and oxygen atoms in total. The average molecular weight is 418 g/mol. The van der Waals surface area contributed by atoms with Gasteiger partial charge in [-0.25, -0.2) is 14.8 Å². The number of nitrogens with zero attached hydrogens (tertiary/aromatic N) is 3. The summed E-state index contributed by atoms with van der Waals surface area (Å²) < 4.78 is 10.7. The number of morpholine rings is 1. The number of amides is 2. The van der Waals surface area contributed by atoms with Crippen molar-refractivity contribution in [2.45, 2.75) is 6.54 Å². The van der Waals surface area contributed by atoms with E-state index in [0.29, 0.717) is 37.0 Å². The van der Waals surface area contributed by atoms with Gasteiger partial charge in [-0.2, -0.15) is 0 Å². The third-order valence-electron chi connectivity index (χ3n) is 5.08. The van der Waals surface area contributed by atoms with Crippen LogP contribution in [0.25, 0.3) is 22.4 Å². The molecule has 0 atom stereocenters. The Labute approximate surface area is 178 Å². The summed E-state index contributed by atoms with van der Waals surface area (Å²) in [4.78, 5) is 27.2. The summed E-state index contributed by atoms with van der Waals surface area (Å²) in [5.41, 5.74) is 3.24. The van der Waals surface area contributed by atoms with Crippen LogP contribution >= 0.6 is 0 Å². The number of H-pyrrole nitrogens is 1. The molecule has 158 valence electrons. The minimum absolute atomic E-state index is 0.314. The van der Waals surface area contributed by atoms with E-state index in [4.69, 9.17) is 19.1 Å². The number of furan rings is 1. The van der Waals surface area contributed by atoms with Gasteiger partial charge in [-0.05, 0) is 30.3 Å². The zero-order chi connectivity index (χ0) is 21.0. The monoisotopic (exact) mass is 418 g/mol. The summed E-state index contributed by atoms with van der Waals surface area (Å²) in [7, 11) is 0. The minimum atomic E-state index is -0.315. The van der Waals surface area contributed by atoms with Gasteiger partial charge in [-0.3, -0.25) is 0 Å². The number of fused-ring (bicyclic) bond motifs is 1. The highest BCUT2D eigenvalue weighted by molar-refractivity contribution is 5.91. The molecule has 1 aliphatic heterocycles. The topological polar surface area (TPSA) is 108 Å². The van der Waals surface area contributed by atoms with Crippen molar-refractivity contribution in [3.63, 3.8) is 0 Å². The van der Waals surface area contributed by atoms with Crippen molar-refractivity contribution in [2.75, 3.05) is 36.5 Å². The van der Waals surface area contributed by atoms with E-state index in [1.54, 1.807) is 18.4 Å². The summed E-state index contributed by atoms with van der Waals surface area (Å²) in [6.45, 7) is 3.22. The number of hydrogen-bond acceptors (Lipinski definition) is 6. The van der Waals surface area contributed by atoms with Crippen LogP contribution in [0.5, 0.6) is 0 Å². The van der Waals surface area contributed by atoms with Crippen LogP contribution in [-0.4, -0.2) is 47.3 Å². The molecule has 0 unspecified atom stereocenters. The van der Waals surface area contributed by atoms with Gasteiger partial charge in [0.25, 0.3) is 0 Å². The van der Waals surface area contributed by atoms with Crippen LogP contribution in [0, 0.1) is 0 Å². The van der Waals surface area contributed by atoms with Crippen LogP contribution in [0.2, 0.25) is 0 Å². The average Bonchev–Trinajstić information content (AvgIpc) is 3.50. The number of urea groups is 1. The van der Waals surface area contributed by atoms with Gasteiger partial charge < -0.3 is 29.7 Å². The molecule has 1 fully saturated rings. The molecule has 0 spiro atoms. The van der Waals surface area contributed by atoms with E-state index in [9.17, 15) is 4.79 Å². The first-order valence-corrected chi connectivity index (χ1v) is 10.1. The number of rotatable bonds is 5. The van der Waals surface area contributed by atoms with Crippen LogP contribution in [0.1, 0.15) is 5.76 Å². The Kier molecular flexibility index (Phi) is 5.24. The number of aromatic nitrogens is 3. The smallest absolute Gasteiger partial charge is 0.319 e. The number of hydrogen-bond donors (Lipinski definition) is 3. The Morgan fingerprint density at radius 1 is 1.13 bits per heavy atom. The van der Waals surface area contributed by atoms with Crippen molar-refractivity contribution in [3.05, 3.63) is 60.7 Å². The highest BCUT2D eigenvalue weighted by atomic mass is 16.5. The standard InChI is InChI=1S/C22H22N6O3/c29-22(24-14-17-5-2-10-31-17)25-16-4-1-3-15(13-16)20-26-18-6-7-23-19(18)21(27-20)28-8-11-30-12-9-28/h1-7,10,13,23H,8-9,11-12,14H2,(H2,24,25,29). The third-order valence-corrected chi connectivity index (χ3v) is 5.08. The number of anilines is 2. The Morgan fingerprint density at radius 3 is 2.87 bits per heavy atom. The van der Waals surface area contributed by atoms with Crippen molar-refractivity contribution in [2.24, 2.45) is 0 Å². The second-order valence-corrected chi connectivity index (χ2v) is 7.18. The van der Waals surface area contributed by atoms with Gasteiger partial charge in [-0.15, -0.1) is 0 Å². The molecule has 4 heterocycles. The number of nitrogens with one attached hydrogen (secondary N) is 3. The van der Waals surface area contributed by atoms with Crippen LogP contribution in [0.15, 0.2) is 59.3 Å². The predicted molar refractivity (Wildman–Crippen MR) is 117 cm³/mol. The first kappa shape index (κ1) is 19.1. The van der Waals surface area contributed by atoms with E-state index in [2.05, 4.69) is 20.5 Å². The fourth-order valence-corrected chi connectivity index (χ4v) is 3.55. The summed E-state index contributed by atoms with van der Waals surface area (Å²) in [5, 5.41) is 5.61. The molecule has 0 radical (unpaired) electrons. The van der Waals surface area contributed by atoms with Gasteiger partial charge in [0.05, 0.1) is 31.5 Å². The van der Waals surface area contributed by atoms with E-state index in [1.807, 2.05) is 36.5 Å². The van der Waals surface area contributed by atoms with Crippen LogP contribution in [0.3, 0.4) is 0 Å². The number of ether oxygens (including phenoxy) is 1. The lowest BCUT2D eigenvalue weighted by molar-refractivity contribution is 0.122. The molecule has 9 heteroatoms. The second kappa shape index (κ2) is 8.49. The predicted octanol–water partition coefficient (Wildman–Crippen LogP) is 3.38. The van der Waals surface area contributed by atoms with Gasteiger partial charge in [-0.1, -0.05) is 12.1 Å². The second-order valence-electron chi connectivity index (χ2n) is 7.18. The lowest BCUT2D eigenvalue weighted by Crippen LogP contribution is -2.37. The zero-order valence-electron chi connectivity index (χ0n) is 16.8. The lowest BCUT2D eigenvalue weighted by atomic mass is 10.2. The quantitative estimate of drug-likeness (QED) is 0.459. The maximum atomic E-state index is 12.2. The Balaban J connectivity index is 1.38. The molecule has 0 bridgehead atoms. The molecule has 1 aromatic carbocycles. The molecule has 31 heavy (non-hydrogen) atoms. The molecule has 1 saturated heterocycles. The normalized spacial score (nSPS) is 14.0. The van der Waals surface area contributed by atoms with Gasteiger partial charge in [0.1, 0.15) is 11.3 Å². The SMILES string of the molecule is O=C(NCc1ccco1)Nc1cccc(-c2nc(N3CCOCC3)c3[nH]ccc3n2)c1. The van der Waals surface area contributed by atoms with E-state index >= 15 is 0 Å². The van der Waals surface area contributed by atoms with Crippen molar-refractivity contribution in [1.82, 2.24) is 20.3 Å². The van der Waals surface area contributed by atoms with Crippen molar-refractivity contribution < 1.29 is 13.9 Å². The molecule has 1 aliphatic rings. The van der Waals surface area contributed by atoms with Gasteiger partial charge in [0, 0.05) is 30.5 Å². The first-order chi connectivity index (χ1) is 15.3. The fraction of sp³-hybridized carbons (Fsp3) is 0.227. The summed E-state index contributed by atoms with van der Waals surface area (Å²) in [6.07, 6.45) is 3.44. The van der Waals surface area contributed by atoms with E-state index in [0.717, 1.165) is 35.5 Å². The minimum Gasteiger partial charge on any atom is -0.467 e. The number of benzene rings is 1. The van der Waals surface area contributed by atoms with Crippen molar-refractivity contribution in [1.29, 1.82) is 0 Å². The number of carbonyl (C=O) groups excluding carboxylic acids is 1. The first-order valence-electron chi connectivity index (χ1n) is 10.1. The molecule has 3 aromatic heterocycles. The van der Waals surface area contributed by atoms with Crippen LogP contribution in [0.4, 0.5) is 16.3 Å². The Hall–Kier alpha value is -3.85.